The van der Waals surface area contributed by atoms with Crippen molar-refractivity contribution in [2.45, 2.75) is 49.8 Å². The van der Waals surface area contributed by atoms with Crippen molar-refractivity contribution in [3.05, 3.63) is 35.4 Å². The molecule has 1 aromatic carbocycles. The largest absolute Gasteiger partial charge is 0.312 e. The van der Waals surface area contributed by atoms with E-state index < -0.39 is 21.5 Å². The predicted octanol–water partition coefficient (Wildman–Crippen LogP) is 3.01. The molecule has 124 valence electrons. The third-order valence-electron chi connectivity index (χ3n) is 4.45. The van der Waals surface area contributed by atoms with E-state index >= 15 is 0 Å². The third-order valence-corrected chi connectivity index (χ3v) is 6.12. The molecule has 6 heteroatoms. The summed E-state index contributed by atoms with van der Waals surface area (Å²) in [6.07, 6.45) is 4.77. The summed E-state index contributed by atoms with van der Waals surface area (Å²) in [5.41, 5.74) is 0.707. The van der Waals surface area contributed by atoms with Crippen molar-refractivity contribution in [3.63, 3.8) is 0 Å². The zero-order valence-corrected chi connectivity index (χ0v) is 13.8. The normalized spacial score (nSPS) is 24.2. The highest BCUT2D eigenvalue weighted by Gasteiger charge is 2.32. The van der Waals surface area contributed by atoms with Crippen molar-refractivity contribution in [1.82, 2.24) is 5.32 Å². The summed E-state index contributed by atoms with van der Waals surface area (Å²) >= 11 is 0. The van der Waals surface area contributed by atoms with Gasteiger partial charge in [-0.25, -0.2) is 17.2 Å². The summed E-state index contributed by atoms with van der Waals surface area (Å²) in [4.78, 5) is 0. The van der Waals surface area contributed by atoms with Gasteiger partial charge in [0.05, 0.1) is 5.25 Å². The topological polar surface area (TPSA) is 46.2 Å². The number of hydrogen-bond donors (Lipinski definition) is 1. The fourth-order valence-corrected chi connectivity index (χ4v) is 4.53. The lowest BCUT2D eigenvalue weighted by Crippen LogP contribution is -2.47. The molecule has 1 aliphatic rings. The molecule has 2 rings (SSSR count). The minimum absolute atomic E-state index is 0.0164. The molecule has 0 unspecified atom stereocenters. The molecular formula is C16H23F2NO2S. The van der Waals surface area contributed by atoms with E-state index in [1.165, 1.54) is 12.3 Å². The molecule has 22 heavy (non-hydrogen) atoms. The van der Waals surface area contributed by atoms with Gasteiger partial charge in [0, 0.05) is 18.8 Å². The van der Waals surface area contributed by atoms with E-state index in [-0.39, 0.29) is 17.2 Å². The fraction of sp³-hybridized carbons (Fsp3) is 0.625. The Morgan fingerprint density at radius 1 is 1.23 bits per heavy atom. The molecule has 0 amide bonds. The van der Waals surface area contributed by atoms with Crippen LogP contribution in [0.4, 0.5) is 8.78 Å². The molecule has 0 heterocycles. The average Bonchev–Trinajstić information content (AvgIpc) is 2.47. The van der Waals surface area contributed by atoms with Crippen LogP contribution in [0.2, 0.25) is 0 Å². The Balaban J connectivity index is 1.99. The van der Waals surface area contributed by atoms with Gasteiger partial charge in [-0.2, -0.15) is 0 Å². The molecule has 0 aromatic heterocycles. The number of hydrogen-bond acceptors (Lipinski definition) is 3. The first-order chi connectivity index (χ1) is 10.3. The second-order valence-corrected chi connectivity index (χ2v) is 8.51. The lowest BCUT2D eigenvalue weighted by Gasteiger charge is -2.32. The van der Waals surface area contributed by atoms with Crippen molar-refractivity contribution in [2.75, 3.05) is 12.8 Å². The zero-order chi connectivity index (χ0) is 16.3. The van der Waals surface area contributed by atoms with Gasteiger partial charge in [0.2, 0.25) is 0 Å². The highest BCUT2D eigenvalue weighted by molar-refractivity contribution is 7.91. The lowest BCUT2D eigenvalue weighted by molar-refractivity contribution is 0.366. The molecule has 3 nitrogen and oxygen atoms in total. The Kier molecular flexibility index (Phi) is 5.55. The first-order valence-corrected chi connectivity index (χ1v) is 9.61. The molecule has 0 aliphatic heterocycles. The van der Waals surface area contributed by atoms with Crippen LogP contribution in [0.1, 0.15) is 44.1 Å². The van der Waals surface area contributed by atoms with Gasteiger partial charge in [0.25, 0.3) is 0 Å². The maximum atomic E-state index is 13.3. The highest BCUT2D eigenvalue weighted by Crippen LogP contribution is 2.25. The molecule has 0 bridgehead atoms. The summed E-state index contributed by atoms with van der Waals surface area (Å²) in [5, 5.41) is 2.97. The number of nitrogens with one attached hydrogen (secondary N) is 1. The number of sulfone groups is 1. The maximum Gasteiger partial charge on any atom is 0.159 e. The number of benzene rings is 1. The van der Waals surface area contributed by atoms with Crippen LogP contribution in [-0.4, -0.2) is 32.5 Å². The van der Waals surface area contributed by atoms with Gasteiger partial charge in [-0.15, -0.1) is 0 Å². The maximum absolute atomic E-state index is 13.3. The first-order valence-electron chi connectivity index (χ1n) is 7.66. The monoisotopic (exact) mass is 331 g/mol. The molecule has 0 radical (unpaired) electrons. The standard InChI is InChI=1S/C16H23F2NO2S/c1-11(12-7-8-13(17)14(18)9-12)10-19-15-5-3-4-6-16(15)22(2,20)21/h7-9,11,15-16,19H,3-6,10H2,1-2H3/t11-,15-,16+/m1/s1. The SMILES string of the molecule is C[C@H](CN[C@@H]1CCCC[C@@H]1S(C)(=O)=O)c1ccc(F)c(F)c1. The average molecular weight is 331 g/mol. The van der Waals surface area contributed by atoms with E-state index in [1.54, 1.807) is 6.07 Å². The van der Waals surface area contributed by atoms with Crippen LogP contribution in [-0.2, 0) is 9.84 Å². The van der Waals surface area contributed by atoms with Gasteiger partial charge in [0.15, 0.2) is 21.5 Å². The summed E-state index contributed by atoms with van der Waals surface area (Å²) in [5.74, 6) is -1.72. The van der Waals surface area contributed by atoms with Gasteiger partial charge in [-0.3, -0.25) is 0 Å². The van der Waals surface area contributed by atoms with Crippen LogP contribution in [0, 0.1) is 11.6 Å². The van der Waals surface area contributed by atoms with E-state index in [9.17, 15) is 17.2 Å². The Morgan fingerprint density at radius 3 is 2.55 bits per heavy atom. The van der Waals surface area contributed by atoms with E-state index in [0.29, 0.717) is 18.5 Å². The van der Waals surface area contributed by atoms with Gasteiger partial charge in [-0.05, 0) is 36.5 Å². The van der Waals surface area contributed by atoms with Crippen LogP contribution in [0.5, 0.6) is 0 Å². The summed E-state index contributed by atoms with van der Waals surface area (Å²) in [6, 6.07) is 3.84. The van der Waals surface area contributed by atoms with Crippen LogP contribution in [0.15, 0.2) is 18.2 Å². The molecule has 1 fully saturated rings. The molecule has 1 N–H and O–H groups in total. The van der Waals surface area contributed by atoms with E-state index in [0.717, 1.165) is 25.3 Å². The minimum atomic E-state index is -3.07. The Bertz CT molecular complexity index is 619. The molecule has 1 saturated carbocycles. The van der Waals surface area contributed by atoms with E-state index in [2.05, 4.69) is 5.32 Å². The quantitative estimate of drug-likeness (QED) is 0.902. The molecular weight excluding hydrogens is 308 g/mol. The van der Waals surface area contributed by atoms with Crippen molar-refractivity contribution >= 4 is 9.84 Å². The van der Waals surface area contributed by atoms with Gasteiger partial charge in [0.1, 0.15) is 0 Å². The van der Waals surface area contributed by atoms with Gasteiger partial charge < -0.3 is 5.32 Å². The van der Waals surface area contributed by atoms with Gasteiger partial charge in [-0.1, -0.05) is 25.8 Å². The zero-order valence-electron chi connectivity index (χ0n) is 13.0. The molecule has 0 spiro atoms. The van der Waals surface area contributed by atoms with E-state index in [1.807, 2.05) is 6.92 Å². The molecule has 3 atom stereocenters. The summed E-state index contributed by atoms with van der Waals surface area (Å²) in [6.45, 7) is 2.46. The number of halogens is 2. The van der Waals surface area contributed by atoms with Crippen molar-refractivity contribution < 1.29 is 17.2 Å². The fourth-order valence-electron chi connectivity index (χ4n) is 3.11. The molecule has 0 saturated heterocycles. The molecule has 1 aliphatic carbocycles. The second kappa shape index (κ2) is 7.04. The molecule has 1 aromatic rings. The van der Waals surface area contributed by atoms with E-state index in [4.69, 9.17) is 0 Å². The Morgan fingerprint density at radius 2 is 1.91 bits per heavy atom. The van der Waals surface area contributed by atoms with Crippen LogP contribution < -0.4 is 5.32 Å². The highest BCUT2D eigenvalue weighted by atomic mass is 32.2. The van der Waals surface area contributed by atoms with Crippen molar-refractivity contribution in [1.29, 1.82) is 0 Å². The van der Waals surface area contributed by atoms with Gasteiger partial charge >= 0.3 is 0 Å². The van der Waals surface area contributed by atoms with Crippen molar-refractivity contribution in [2.24, 2.45) is 0 Å². The van der Waals surface area contributed by atoms with Crippen LogP contribution in [0.25, 0.3) is 0 Å². The van der Waals surface area contributed by atoms with Crippen LogP contribution >= 0.6 is 0 Å². The lowest BCUT2D eigenvalue weighted by atomic mass is 9.93. The smallest absolute Gasteiger partial charge is 0.159 e. The predicted molar refractivity (Wildman–Crippen MR) is 83.7 cm³/mol. The Labute approximate surface area is 131 Å². The second-order valence-electron chi connectivity index (χ2n) is 6.24. The Hall–Kier alpha value is -1.01. The minimum Gasteiger partial charge on any atom is -0.312 e. The summed E-state index contributed by atoms with van der Waals surface area (Å²) < 4.78 is 50.0. The first kappa shape index (κ1) is 17.3. The summed E-state index contributed by atoms with van der Waals surface area (Å²) in [7, 11) is -3.07. The number of rotatable bonds is 5. The van der Waals surface area contributed by atoms with Crippen LogP contribution in [0.3, 0.4) is 0 Å². The van der Waals surface area contributed by atoms with Crippen molar-refractivity contribution in [3.8, 4) is 0 Å². The third kappa shape index (κ3) is 4.26.